The van der Waals surface area contributed by atoms with E-state index in [0.29, 0.717) is 12.8 Å². The lowest BCUT2D eigenvalue weighted by Crippen LogP contribution is -2.30. The highest BCUT2D eigenvalue weighted by atomic mass is 32.1. The quantitative estimate of drug-likeness (QED) is 0.390. The van der Waals surface area contributed by atoms with Gasteiger partial charge in [0.15, 0.2) is 0 Å². The van der Waals surface area contributed by atoms with E-state index in [-0.39, 0.29) is 25.5 Å². The largest absolute Gasteiger partial charge is 0.496 e. The van der Waals surface area contributed by atoms with Gasteiger partial charge < -0.3 is 39.5 Å². The molecule has 0 saturated carbocycles. The number of fused-ring (bicyclic) bond motifs is 2. The van der Waals surface area contributed by atoms with Crippen LogP contribution in [-0.4, -0.2) is 76.3 Å². The van der Waals surface area contributed by atoms with E-state index in [9.17, 15) is 15.3 Å². The van der Waals surface area contributed by atoms with Gasteiger partial charge in [-0.3, -0.25) is 0 Å². The molecule has 6 atom stereocenters. The first kappa shape index (κ1) is 26.8. The fourth-order valence-electron chi connectivity index (χ4n) is 5.13. The Morgan fingerprint density at radius 1 is 1.00 bits per heavy atom. The van der Waals surface area contributed by atoms with E-state index in [4.69, 9.17) is 19.3 Å². The van der Waals surface area contributed by atoms with Crippen molar-refractivity contribution in [1.82, 2.24) is 4.90 Å². The maximum absolute atomic E-state index is 9.87. The molecular weight excluding hydrogens is 506 g/mol. The Morgan fingerprint density at radius 2 is 1.68 bits per heavy atom. The first-order valence-electron chi connectivity index (χ1n) is 12.6. The fourth-order valence-corrected chi connectivity index (χ4v) is 6.00. The lowest BCUT2D eigenvalue weighted by molar-refractivity contribution is -0.0505. The van der Waals surface area contributed by atoms with Gasteiger partial charge in [-0.25, -0.2) is 0 Å². The molecule has 202 valence electrons. The van der Waals surface area contributed by atoms with Crippen LogP contribution in [0.1, 0.15) is 34.9 Å². The van der Waals surface area contributed by atoms with E-state index in [0.717, 1.165) is 32.7 Å². The van der Waals surface area contributed by atoms with Crippen LogP contribution in [0.2, 0.25) is 0 Å². The van der Waals surface area contributed by atoms with Crippen LogP contribution >= 0.6 is 11.3 Å². The van der Waals surface area contributed by atoms with Crippen molar-refractivity contribution < 1.29 is 34.6 Å². The zero-order chi connectivity index (χ0) is 26.8. The number of aliphatic hydroxyl groups is 4. The minimum atomic E-state index is -0.638. The van der Waals surface area contributed by atoms with E-state index >= 15 is 0 Å². The molecule has 2 saturated heterocycles. The zero-order valence-electron chi connectivity index (χ0n) is 21.1. The molecule has 1 aromatic heterocycles. The second kappa shape index (κ2) is 11.5. The third kappa shape index (κ3) is 5.23. The predicted molar refractivity (Wildman–Crippen MR) is 146 cm³/mol. The van der Waals surface area contributed by atoms with Gasteiger partial charge >= 0.3 is 0 Å². The van der Waals surface area contributed by atoms with Gasteiger partial charge in [0.1, 0.15) is 24.2 Å². The molecule has 0 unspecified atom stereocenters. The van der Waals surface area contributed by atoms with Crippen molar-refractivity contribution in [2.24, 2.45) is 0 Å². The highest BCUT2D eigenvalue weighted by Gasteiger charge is 2.38. The number of hydrogen-bond donors (Lipinski definition) is 4. The van der Waals surface area contributed by atoms with Crippen LogP contribution in [0.5, 0.6) is 5.75 Å². The normalized spacial score (nSPS) is 28.3. The van der Waals surface area contributed by atoms with Crippen molar-refractivity contribution >= 4 is 33.9 Å². The Labute approximate surface area is 225 Å². The molecule has 0 bridgehead atoms. The van der Waals surface area contributed by atoms with E-state index in [2.05, 4.69) is 12.6 Å². The van der Waals surface area contributed by atoms with Gasteiger partial charge in [-0.05, 0) is 46.0 Å². The third-order valence-electron chi connectivity index (χ3n) is 7.23. The summed E-state index contributed by atoms with van der Waals surface area (Å²) in [5.41, 5.74) is 2.97. The molecule has 3 aliphatic heterocycles. The molecule has 0 amide bonds. The maximum atomic E-state index is 9.87. The maximum Gasteiger partial charge on any atom is 0.137 e. The van der Waals surface area contributed by atoms with Gasteiger partial charge in [-0.1, -0.05) is 30.8 Å². The highest BCUT2D eigenvalue weighted by Crippen LogP contribution is 2.40. The fraction of sp³-hybridized carbons (Fsp3) is 0.379. The van der Waals surface area contributed by atoms with Gasteiger partial charge in [0.2, 0.25) is 0 Å². The molecule has 0 radical (unpaired) electrons. The van der Waals surface area contributed by atoms with Gasteiger partial charge in [-0.2, -0.15) is 0 Å². The molecule has 2 fully saturated rings. The number of hydrogen-bond acceptors (Lipinski definition) is 9. The van der Waals surface area contributed by atoms with Gasteiger partial charge in [0.05, 0.1) is 49.2 Å². The molecular formula is C29H33NO7S. The van der Waals surface area contributed by atoms with E-state index in [1.165, 1.54) is 5.56 Å². The minimum absolute atomic E-state index is 0.161. The van der Waals surface area contributed by atoms with Crippen molar-refractivity contribution in [3.8, 4) is 5.75 Å². The summed E-state index contributed by atoms with van der Waals surface area (Å²) in [5.74, 6) is 0.750. The van der Waals surface area contributed by atoms with Crippen LogP contribution < -0.4 is 4.74 Å². The molecule has 0 spiro atoms. The average Bonchev–Trinajstić information content (AvgIpc) is 3.66. The number of aliphatic hydroxyl groups excluding tert-OH is 4. The van der Waals surface area contributed by atoms with Crippen LogP contribution in [0.4, 0.5) is 0 Å². The van der Waals surface area contributed by atoms with Crippen LogP contribution in [0.3, 0.4) is 0 Å². The lowest BCUT2D eigenvalue weighted by Gasteiger charge is -2.31. The molecule has 3 aliphatic rings. The molecule has 9 heteroatoms. The Bertz CT molecular complexity index is 1310. The van der Waals surface area contributed by atoms with Crippen LogP contribution in [0.25, 0.3) is 22.5 Å². The summed E-state index contributed by atoms with van der Waals surface area (Å²) >= 11 is 1.64. The predicted octanol–water partition coefficient (Wildman–Crippen LogP) is 3.50. The molecule has 0 aliphatic carbocycles. The topological polar surface area (TPSA) is 112 Å². The first-order valence-corrected chi connectivity index (χ1v) is 13.5. The molecule has 8 nitrogen and oxygen atoms in total. The summed E-state index contributed by atoms with van der Waals surface area (Å²) in [4.78, 5) is 3.06. The molecule has 38 heavy (non-hydrogen) atoms. The van der Waals surface area contributed by atoms with Crippen molar-refractivity contribution in [1.29, 1.82) is 0 Å². The SMILES string of the molecule is C=C1c2sccc2C=CN1[C@H]1C[C@@H](O)[C@@H](CO)O1.COc1cc2ccccc2cc1[C@H]1C[C@@H](O)[C@@H](CO)O1. The number of thiophene rings is 1. The second-order valence-corrected chi connectivity index (χ2v) is 10.5. The summed E-state index contributed by atoms with van der Waals surface area (Å²) < 4.78 is 16.8. The Morgan fingerprint density at radius 3 is 2.34 bits per heavy atom. The van der Waals surface area contributed by atoms with E-state index in [1.54, 1.807) is 18.4 Å². The standard InChI is InChI=1S/C16H18O4.C13H15NO3S/c1-19-14-7-11-5-3-2-4-10(11)6-12(14)15-8-13(18)16(9-17)20-15;1-8-13-9(3-5-18-13)2-4-14(8)12-6-10(16)11(7-15)17-12/h2-7,13,15-18H,8-9H2,1H3;2-5,10-12,15-16H,1,6-7H2/t13-,15-,16-;10-,11-,12-/m11/s1. The van der Waals surface area contributed by atoms with E-state index < -0.39 is 24.4 Å². The molecule has 4 N–H and O–H groups in total. The number of nitrogens with zero attached hydrogens (tertiary/aromatic N) is 1. The van der Waals surface area contributed by atoms with E-state index in [1.807, 2.05) is 59.0 Å². The number of ether oxygens (including phenoxy) is 3. The highest BCUT2D eigenvalue weighted by molar-refractivity contribution is 7.11. The number of methoxy groups -OCH3 is 1. The first-order chi connectivity index (χ1) is 18.4. The van der Waals surface area contributed by atoms with Crippen LogP contribution in [0.15, 0.2) is 60.6 Å². The Hall–Kier alpha value is -2.76. The van der Waals surface area contributed by atoms with Crippen LogP contribution in [0, 0.1) is 0 Å². The van der Waals surface area contributed by atoms with Gasteiger partial charge in [0, 0.05) is 24.6 Å². The summed E-state index contributed by atoms with van der Waals surface area (Å²) in [6.07, 6.45) is 2.12. The number of benzene rings is 2. The zero-order valence-corrected chi connectivity index (χ0v) is 22.0. The summed E-state index contributed by atoms with van der Waals surface area (Å²) in [6, 6.07) is 14.1. The summed E-state index contributed by atoms with van der Waals surface area (Å²) in [5, 5.41) is 42.2. The van der Waals surface area contributed by atoms with Crippen LogP contribution in [-0.2, 0) is 9.47 Å². The summed E-state index contributed by atoms with van der Waals surface area (Å²) in [6.45, 7) is 3.76. The second-order valence-electron chi connectivity index (χ2n) is 9.58. The van der Waals surface area contributed by atoms with Crippen molar-refractivity contribution in [3.05, 3.63) is 76.6 Å². The molecule has 2 aromatic carbocycles. The van der Waals surface area contributed by atoms with Crippen molar-refractivity contribution in [2.45, 2.75) is 49.6 Å². The molecule has 4 heterocycles. The van der Waals surface area contributed by atoms with Gasteiger partial charge in [0.25, 0.3) is 0 Å². The number of rotatable bonds is 5. The average molecular weight is 540 g/mol. The monoisotopic (exact) mass is 539 g/mol. The Balaban J connectivity index is 0.000000156. The minimum Gasteiger partial charge on any atom is -0.496 e. The Kier molecular flexibility index (Phi) is 8.15. The molecule has 3 aromatic rings. The van der Waals surface area contributed by atoms with Gasteiger partial charge in [-0.15, -0.1) is 11.3 Å². The van der Waals surface area contributed by atoms with Crippen molar-refractivity contribution in [2.75, 3.05) is 20.3 Å². The third-order valence-corrected chi connectivity index (χ3v) is 8.21. The lowest BCUT2D eigenvalue weighted by atomic mass is 9.99. The summed E-state index contributed by atoms with van der Waals surface area (Å²) in [7, 11) is 1.63. The molecule has 6 rings (SSSR count). The van der Waals surface area contributed by atoms with Crippen molar-refractivity contribution in [3.63, 3.8) is 0 Å². The smallest absolute Gasteiger partial charge is 0.137 e.